The van der Waals surface area contributed by atoms with Crippen LogP contribution in [0.4, 0.5) is 0 Å². The number of thiazole rings is 1. The summed E-state index contributed by atoms with van der Waals surface area (Å²) >= 11 is 5.16. The Bertz CT molecular complexity index is 638. The van der Waals surface area contributed by atoms with Gasteiger partial charge in [-0.2, -0.15) is 12.6 Å². The molecule has 0 aliphatic heterocycles. The lowest BCUT2D eigenvalue weighted by Crippen LogP contribution is -2.03. The molecule has 0 saturated carbocycles. The highest BCUT2D eigenvalue weighted by Crippen LogP contribution is 2.29. The second-order valence-electron chi connectivity index (χ2n) is 4.25. The number of rotatable bonds is 6. The van der Waals surface area contributed by atoms with Crippen molar-refractivity contribution in [3.05, 3.63) is 40.2 Å². The van der Waals surface area contributed by atoms with Crippen molar-refractivity contribution in [2.75, 3.05) is 12.4 Å². The first-order valence-corrected chi connectivity index (χ1v) is 7.95. The lowest BCUT2D eigenvalue weighted by molar-refractivity contribution is -0.115. The minimum Gasteiger partial charge on any atom is -0.462 e. The van der Waals surface area contributed by atoms with E-state index in [2.05, 4.69) is 17.6 Å². The Kier molecular flexibility index (Phi) is 5.52. The minimum atomic E-state index is -0.404. The van der Waals surface area contributed by atoms with Crippen LogP contribution in [0.5, 0.6) is 0 Å². The van der Waals surface area contributed by atoms with Gasteiger partial charge in [-0.25, -0.2) is 9.78 Å². The van der Waals surface area contributed by atoms with Crippen molar-refractivity contribution in [2.24, 2.45) is 0 Å². The van der Waals surface area contributed by atoms with Crippen LogP contribution in [-0.2, 0) is 16.0 Å². The fraction of sp³-hybridized carbons (Fsp3) is 0.267. The summed E-state index contributed by atoms with van der Waals surface area (Å²) in [7, 11) is 0. The van der Waals surface area contributed by atoms with E-state index in [-0.39, 0.29) is 18.0 Å². The lowest BCUT2D eigenvalue weighted by atomic mass is 10.1. The zero-order valence-corrected chi connectivity index (χ0v) is 13.2. The van der Waals surface area contributed by atoms with E-state index in [9.17, 15) is 9.59 Å². The molecule has 1 aromatic heterocycles. The molecule has 0 amide bonds. The van der Waals surface area contributed by atoms with Gasteiger partial charge in [-0.1, -0.05) is 30.3 Å². The largest absolute Gasteiger partial charge is 0.462 e. The van der Waals surface area contributed by atoms with Crippen LogP contribution in [0.2, 0.25) is 0 Å². The smallest absolute Gasteiger partial charge is 0.350 e. The van der Waals surface area contributed by atoms with Crippen LogP contribution in [-0.4, -0.2) is 29.1 Å². The number of nitrogens with zero attached hydrogens (tertiary/aromatic N) is 1. The number of hydrogen-bond donors (Lipinski definition) is 1. The van der Waals surface area contributed by atoms with Gasteiger partial charge in [-0.05, 0) is 6.92 Å². The second-order valence-corrected chi connectivity index (χ2v) is 5.65. The van der Waals surface area contributed by atoms with E-state index in [0.29, 0.717) is 22.2 Å². The summed E-state index contributed by atoms with van der Waals surface area (Å²) in [4.78, 5) is 28.4. The average Bonchev–Trinajstić information content (AvgIpc) is 2.92. The van der Waals surface area contributed by atoms with Crippen molar-refractivity contribution >= 4 is 35.7 Å². The van der Waals surface area contributed by atoms with Gasteiger partial charge in [0.15, 0.2) is 0 Å². The van der Waals surface area contributed by atoms with E-state index in [1.54, 1.807) is 6.92 Å². The molecule has 0 bridgehead atoms. The molecular weight excluding hydrogens is 306 g/mol. The van der Waals surface area contributed by atoms with E-state index < -0.39 is 5.97 Å². The van der Waals surface area contributed by atoms with Gasteiger partial charge in [0.2, 0.25) is 0 Å². The van der Waals surface area contributed by atoms with Crippen molar-refractivity contribution in [3.8, 4) is 11.3 Å². The highest BCUT2D eigenvalue weighted by Gasteiger charge is 2.21. The van der Waals surface area contributed by atoms with Crippen molar-refractivity contribution in [1.29, 1.82) is 0 Å². The number of ether oxygens (including phenoxy) is 1. The van der Waals surface area contributed by atoms with E-state index in [0.717, 1.165) is 5.56 Å². The number of esters is 1. The summed E-state index contributed by atoms with van der Waals surface area (Å²) in [5, 5.41) is 0.607. The van der Waals surface area contributed by atoms with Gasteiger partial charge in [0.25, 0.3) is 0 Å². The highest BCUT2D eigenvalue weighted by atomic mass is 32.1. The summed E-state index contributed by atoms with van der Waals surface area (Å²) in [5.74, 6) is -0.268. The molecule has 21 heavy (non-hydrogen) atoms. The molecule has 0 N–H and O–H groups in total. The summed E-state index contributed by atoms with van der Waals surface area (Å²) in [5.41, 5.74) is 1.40. The molecule has 0 atom stereocenters. The van der Waals surface area contributed by atoms with Gasteiger partial charge in [0, 0.05) is 11.3 Å². The van der Waals surface area contributed by atoms with Crippen molar-refractivity contribution in [2.45, 2.75) is 13.3 Å². The van der Waals surface area contributed by atoms with Crippen molar-refractivity contribution in [1.82, 2.24) is 4.98 Å². The molecule has 2 rings (SSSR count). The second kappa shape index (κ2) is 7.38. The molecule has 2 aromatic rings. The third kappa shape index (κ3) is 3.92. The third-order valence-corrected chi connectivity index (χ3v) is 4.09. The minimum absolute atomic E-state index is 0.0258. The van der Waals surface area contributed by atoms with Gasteiger partial charge >= 0.3 is 5.97 Å². The van der Waals surface area contributed by atoms with Crippen molar-refractivity contribution in [3.63, 3.8) is 0 Å². The Labute approximate surface area is 132 Å². The van der Waals surface area contributed by atoms with E-state index in [4.69, 9.17) is 4.74 Å². The SMILES string of the molecule is CCOC(=O)c1sc(CC(=O)CS)nc1-c1ccccc1. The number of hydrogen-bond acceptors (Lipinski definition) is 6. The normalized spacial score (nSPS) is 10.4. The number of benzene rings is 1. The molecule has 0 radical (unpaired) electrons. The topological polar surface area (TPSA) is 56.3 Å². The van der Waals surface area contributed by atoms with Gasteiger partial charge in [-0.3, -0.25) is 4.79 Å². The Morgan fingerprint density at radius 2 is 2.00 bits per heavy atom. The van der Waals surface area contributed by atoms with Gasteiger partial charge in [0.05, 0.1) is 18.7 Å². The van der Waals surface area contributed by atoms with Crippen LogP contribution >= 0.6 is 24.0 Å². The molecule has 0 aliphatic carbocycles. The number of carbonyl (C=O) groups is 2. The molecule has 1 heterocycles. The van der Waals surface area contributed by atoms with Crippen LogP contribution in [0.3, 0.4) is 0 Å². The maximum Gasteiger partial charge on any atom is 0.350 e. The molecule has 4 nitrogen and oxygen atoms in total. The molecule has 0 fully saturated rings. The molecule has 0 unspecified atom stereocenters. The Balaban J connectivity index is 2.41. The standard InChI is InChI=1S/C15H15NO3S2/c1-2-19-15(18)14-13(10-6-4-3-5-7-10)16-12(21-14)8-11(17)9-20/h3-7,20H,2,8-9H2,1H3. The number of carbonyl (C=O) groups excluding carboxylic acids is 2. The summed E-state index contributed by atoms with van der Waals surface area (Å²) in [6.45, 7) is 2.06. The van der Waals surface area contributed by atoms with Crippen LogP contribution in [0, 0.1) is 0 Å². The van der Waals surface area contributed by atoms with Crippen molar-refractivity contribution < 1.29 is 14.3 Å². The highest BCUT2D eigenvalue weighted by molar-refractivity contribution is 7.81. The first-order chi connectivity index (χ1) is 10.2. The third-order valence-electron chi connectivity index (χ3n) is 2.70. The zero-order chi connectivity index (χ0) is 15.2. The van der Waals surface area contributed by atoms with Crippen LogP contribution < -0.4 is 0 Å². The average molecular weight is 321 g/mol. The zero-order valence-electron chi connectivity index (χ0n) is 11.5. The van der Waals surface area contributed by atoms with Gasteiger partial charge < -0.3 is 4.74 Å². The molecular formula is C15H15NO3S2. The molecule has 0 spiro atoms. The van der Waals surface area contributed by atoms with E-state index in [1.807, 2.05) is 30.3 Å². The first-order valence-electron chi connectivity index (χ1n) is 6.50. The van der Waals surface area contributed by atoms with Crippen LogP contribution in [0.15, 0.2) is 30.3 Å². The monoisotopic (exact) mass is 321 g/mol. The quantitative estimate of drug-likeness (QED) is 0.656. The molecule has 0 saturated heterocycles. The number of thiol groups is 1. The molecule has 0 aliphatic rings. The summed E-state index contributed by atoms with van der Waals surface area (Å²) in [6, 6.07) is 9.40. The predicted octanol–water partition coefficient (Wildman–Crippen LogP) is 3.03. The number of aromatic nitrogens is 1. The van der Waals surface area contributed by atoms with Gasteiger partial charge in [0.1, 0.15) is 15.7 Å². The van der Waals surface area contributed by atoms with Gasteiger partial charge in [-0.15, -0.1) is 11.3 Å². The molecule has 1 aromatic carbocycles. The van der Waals surface area contributed by atoms with E-state index in [1.165, 1.54) is 11.3 Å². The maximum absolute atomic E-state index is 12.1. The Morgan fingerprint density at radius 1 is 1.29 bits per heavy atom. The first kappa shape index (κ1) is 15.7. The fourth-order valence-corrected chi connectivity index (χ4v) is 2.91. The van der Waals surface area contributed by atoms with Crippen LogP contribution in [0.25, 0.3) is 11.3 Å². The number of ketones is 1. The summed E-state index contributed by atoms with van der Waals surface area (Å²) in [6.07, 6.45) is 0.188. The Morgan fingerprint density at radius 3 is 2.62 bits per heavy atom. The lowest BCUT2D eigenvalue weighted by Gasteiger charge is -2.01. The maximum atomic E-state index is 12.1. The molecule has 6 heteroatoms. The molecule has 110 valence electrons. The predicted molar refractivity (Wildman–Crippen MR) is 86.1 cm³/mol. The Hall–Kier alpha value is -1.66. The van der Waals surface area contributed by atoms with Crippen LogP contribution in [0.1, 0.15) is 21.6 Å². The fourth-order valence-electron chi connectivity index (χ4n) is 1.79. The summed E-state index contributed by atoms with van der Waals surface area (Å²) < 4.78 is 5.07. The number of Topliss-reactive ketones (excluding diaryl/α,β-unsaturated/α-hetero) is 1. The van der Waals surface area contributed by atoms with E-state index >= 15 is 0 Å².